The lowest BCUT2D eigenvalue weighted by Gasteiger charge is -2.29. The Labute approximate surface area is 142 Å². The summed E-state index contributed by atoms with van der Waals surface area (Å²) < 4.78 is 0. The Bertz CT molecular complexity index is 689. The van der Waals surface area contributed by atoms with Crippen LogP contribution in [0.3, 0.4) is 0 Å². The first-order valence-corrected chi connectivity index (χ1v) is 8.71. The van der Waals surface area contributed by atoms with E-state index in [-0.39, 0.29) is 18.3 Å². The van der Waals surface area contributed by atoms with Crippen LogP contribution < -0.4 is 0 Å². The lowest BCUT2D eigenvalue weighted by molar-refractivity contribution is 0.121. The zero-order valence-corrected chi connectivity index (χ0v) is 13.7. The summed E-state index contributed by atoms with van der Waals surface area (Å²) in [4.78, 5) is 20.6. The molecule has 0 N–H and O–H groups in total. The highest BCUT2D eigenvalue weighted by Gasteiger charge is 2.46. The number of urea groups is 1. The van der Waals surface area contributed by atoms with Gasteiger partial charge in [-0.3, -0.25) is 0 Å². The SMILES string of the molecule is O=C(N1CCCCCC1c1ccccc1)N1OC1c1ccccc1. The van der Waals surface area contributed by atoms with E-state index in [2.05, 4.69) is 12.1 Å². The summed E-state index contributed by atoms with van der Waals surface area (Å²) in [6, 6.07) is 20.4. The summed E-state index contributed by atoms with van der Waals surface area (Å²) in [5.74, 6) is 0. The fourth-order valence-electron chi connectivity index (χ4n) is 3.53. The molecule has 24 heavy (non-hydrogen) atoms. The molecule has 2 heterocycles. The fraction of sp³-hybridized carbons (Fsp3) is 0.350. The minimum Gasteiger partial charge on any atom is -0.316 e. The summed E-state index contributed by atoms with van der Waals surface area (Å²) in [6.45, 7) is 0.791. The van der Waals surface area contributed by atoms with Crippen LogP contribution in [-0.2, 0) is 4.84 Å². The first-order chi connectivity index (χ1) is 11.8. The molecule has 2 amide bonds. The zero-order chi connectivity index (χ0) is 16.4. The van der Waals surface area contributed by atoms with E-state index in [1.165, 1.54) is 17.0 Å². The molecule has 2 saturated heterocycles. The first-order valence-electron chi connectivity index (χ1n) is 8.71. The molecule has 0 saturated carbocycles. The van der Waals surface area contributed by atoms with Crippen LogP contribution in [0.25, 0.3) is 0 Å². The van der Waals surface area contributed by atoms with Gasteiger partial charge in [-0.15, -0.1) is 0 Å². The maximum absolute atomic E-state index is 13.0. The van der Waals surface area contributed by atoms with Crippen molar-refractivity contribution in [2.45, 2.75) is 38.0 Å². The molecule has 0 spiro atoms. The van der Waals surface area contributed by atoms with Crippen LogP contribution in [0.15, 0.2) is 60.7 Å². The highest BCUT2D eigenvalue weighted by molar-refractivity contribution is 5.76. The van der Waals surface area contributed by atoms with Gasteiger partial charge in [0.15, 0.2) is 0 Å². The second kappa shape index (κ2) is 6.65. The maximum Gasteiger partial charge on any atom is 0.347 e. The number of rotatable bonds is 2. The average Bonchev–Trinajstić information content (AvgIpc) is 3.46. The van der Waals surface area contributed by atoms with Gasteiger partial charge in [0.25, 0.3) is 0 Å². The predicted molar refractivity (Wildman–Crippen MR) is 91.9 cm³/mol. The molecule has 0 radical (unpaired) electrons. The number of carbonyl (C=O) groups excluding carboxylic acids is 1. The Morgan fingerprint density at radius 2 is 1.54 bits per heavy atom. The summed E-state index contributed by atoms with van der Waals surface area (Å²) in [7, 11) is 0. The number of nitrogens with zero attached hydrogens (tertiary/aromatic N) is 2. The van der Waals surface area contributed by atoms with E-state index in [0.717, 1.165) is 31.4 Å². The van der Waals surface area contributed by atoms with E-state index < -0.39 is 0 Å². The van der Waals surface area contributed by atoms with E-state index in [0.29, 0.717) is 0 Å². The van der Waals surface area contributed by atoms with Crippen molar-refractivity contribution in [3.05, 3.63) is 71.8 Å². The van der Waals surface area contributed by atoms with Gasteiger partial charge in [-0.25, -0.2) is 9.63 Å². The van der Waals surface area contributed by atoms with Gasteiger partial charge in [0.1, 0.15) is 0 Å². The van der Waals surface area contributed by atoms with Gasteiger partial charge >= 0.3 is 6.03 Å². The van der Waals surface area contributed by atoms with Crippen molar-refractivity contribution < 1.29 is 9.63 Å². The number of benzene rings is 2. The maximum atomic E-state index is 13.0. The molecule has 2 aromatic carbocycles. The minimum absolute atomic E-state index is 0.0143. The Kier molecular flexibility index (Phi) is 4.22. The van der Waals surface area contributed by atoms with Crippen molar-refractivity contribution in [3.8, 4) is 0 Å². The third-order valence-electron chi connectivity index (χ3n) is 4.84. The number of likely N-dealkylation sites (tertiary alicyclic amines) is 1. The van der Waals surface area contributed by atoms with E-state index >= 15 is 0 Å². The third kappa shape index (κ3) is 3.02. The van der Waals surface area contributed by atoms with Crippen molar-refractivity contribution in [2.75, 3.05) is 6.54 Å². The molecule has 2 unspecified atom stereocenters. The number of hydrogen-bond acceptors (Lipinski definition) is 2. The summed E-state index contributed by atoms with van der Waals surface area (Å²) >= 11 is 0. The van der Waals surface area contributed by atoms with Gasteiger partial charge in [0.05, 0.1) is 6.04 Å². The van der Waals surface area contributed by atoms with Gasteiger partial charge in [0.2, 0.25) is 6.23 Å². The molecule has 2 aromatic rings. The first kappa shape index (κ1) is 15.2. The number of carbonyl (C=O) groups is 1. The quantitative estimate of drug-likeness (QED) is 0.753. The van der Waals surface area contributed by atoms with E-state index in [9.17, 15) is 4.79 Å². The standard InChI is InChI=1S/C20H22N2O2/c23-20(22-19(24-22)17-12-6-2-7-13-17)21-15-9-3-8-14-18(21)16-10-4-1-5-11-16/h1-2,4-7,10-13,18-19H,3,8-9,14-15H2. The van der Waals surface area contributed by atoms with Crippen LogP contribution in [0.5, 0.6) is 0 Å². The topological polar surface area (TPSA) is 35.9 Å². The molecule has 0 aromatic heterocycles. The van der Waals surface area contributed by atoms with Crippen molar-refractivity contribution >= 4 is 6.03 Å². The molecule has 4 nitrogen and oxygen atoms in total. The van der Waals surface area contributed by atoms with Crippen LogP contribution in [0.2, 0.25) is 0 Å². The van der Waals surface area contributed by atoms with E-state index in [4.69, 9.17) is 4.84 Å². The van der Waals surface area contributed by atoms with Crippen LogP contribution in [0.1, 0.15) is 49.1 Å². The molecule has 4 rings (SSSR count). The number of hydrogen-bond donors (Lipinski definition) is 0. The summed E-state index contributed by atoms with van der Waals surface area (Å²) in [6.07, 6.45) is 4.17. The van der Waals surface area contributed by atoms with Gasteiger partial charge in [-0.2, -0.15) is 5.06 Å². The number of amides is 2. The Morgan fingerprint density at radius 3 is 2.25 bits per heavy atom. The van der Waals surface area contributed by atoms with Gasteiger partial charge in [-0.05, 0) is 18.4 Å². The van der Waals surface area contributed by atoms with Crippen LogP contribution in [0.4, 0.5) is 4.79 Å². The second-order valence-corrected chi connectivity index (χ2v) is 6.45. The van der Waals surface area contributed by atoms with E-state index in [1.54, 1.807) is 0 Å². The Balaban J connectivity index is 1.53. The molecular weight excluding hydrogens is 300 g/mol. The van der Waals surface area contributed by atoms with Crippen molar-refractivity contribution in [3.63, 3.8) is 0 Å². The predicted octanol–water partition coefficient (Wildman–Crippen LogP) is 4.67. The fourth-order valence-corrected chi connectivity index (χ4v) is 3.53. The normalized spacial score (nSPS) is 23.7. The lowest BCUT2D eigenvalue weighted by atomic mass is 10.0. The van der Waals surface area contributed by atoms with E-state index in [1.807, 2.05) is 53.4 Å². The van der Waals surface area contributed by atoms with Crippen LogP contribution >= 0.6 is 0 Å². The molecule has 124 valence electrons. The molecule has 0 bridgehead atoms. The second-order valence-electron chi connectivity index (χ2n) is 6.45. The summed E-state index contributed by atoms with van der Waals surface area (Å²) in [5.41, 5.74) is 2.24. The highest BCUT2D eigenvalue weighted by Crippen LogP contribution is 2.40. The van der Waals surface area contributed by atoms with Crippen molar-refractivity contribution in [1.29, 1.82) is 0 Å². The lowest BCUT2D eigenvalue weighted by Crippen LogP contribution is -2.38. The van der Waals surface area contributed by atoms with Crippen molar-refractivity contribution in [1.82, 2.24) is 9.96 Å². The molecule has 2 aliphatic rings. The Morgan fingerprint density at radius 1 is 0.875 bits per heavy atom. The average molecular weight is 322 g/mol. The zero-order valence-electron chi connectivity index (χ0n) is 13.7. The molecular formula is C20H22N2O2. The molecule has 4 heteroatoms. The molecule has 0 aliphatic carbocycles. The van der Waals surface area contributed by atoms with Gasteiger partial charge in [0, 0.05) is 12.1 Å². The molecule has 2 aliphatic heterocycles. The molecule has 2 atom stereocenters. The van der Waals surface area contributed by atoms with Gasteiger partial charge < -0.3 is 4.90 Å². The monoisotopic (exact) mass is 322 g/mol. The smallest absolute Gasteiger partial charge is 0.316 e. The number of hydroxylamine groups is 2. The molecule has 2 fully saturated rings. The van der Waals surface area contributed by atoms with Crippen LogP contribution in [0, 0.1) is 0 Å². The summed E-state index contributed by atoms with van der Waals surface area (Å²) in [5, 5.41) is 1.51. The largest absolute Gasteiger partial charge is 0.347 e. The van der Waals surface area contributed by atoms with Crippen molar-refractivity contribution in [2.24, 2.45) is 0 Å². The minimum atomic E-state index is -0.238. The third-order valence-corrected chi connectivity index (χ3v) is 4.84. The highest BCUT2D eigenvalue weighted by atomic mass is 16.8. The van der Waals surface area contributed by atoms with Gasteiger partial charge in [-0.1, -0.05) is 73.5 Å². The van der Waals surface area contributed by atoms with Crippen LogP contribution in [-0.4, -0.2) is 22.5 Å². The Hall–Kier alpha value is -2.33.